The Morgan fingerprint density at radius 3 is 1.43 bits per heavy atom. The number of rotatable bonds is 6. The molecule has 3 aromatic heterocycles. The minimum atomic E-state index is -0.952. The normalized spacial score (nSPS) is 13.3. The zero-order valence-corrected chi connectivity index (χ0v) is 22.5. The van der Waals surface area contributed by atoms with Gasteiger partial charge in [0, 0.05) is 35.0 Å². The lowest BCUT2D eigenvalue weighted by molar-refractivity contribution is -0.137. The number of carbonyl (C=O) groups is 2. The molecule has 40 heavy (non-hydrogen) atoms. The Balaban J connectivity index is 1.90. The highest BCUT2D eigenvalue weighted by molar-refractivity contribution is 5.96. The molecule has 0 saturated carbocycles. The van der Waals surface area contributed by atoms with E-state index in [0.717, 1.165) is 22.3 Å². The maximum Gasteiger partial charge on any atom is 0.303 e. The molecule has 10 heteroatoms. The van der Waals surface area contributed by atoms with Gasteiger partial charge in [-0.3, -0.25) is 9.59 Å². The molecule has 0 aromatic carbocycles. The molecule has 0 aliphatic carbocycles. The molecule has 0 amide bonds. The largest absolute Gasteiger partial charge is 0.481 e. The number of hydrogen-bond donors (Lipinski definition) is 4. The molecule has 0 atom stereocenters. The molecule has 2 aliphatic rings. The number of aromatic amines is 2. The van der Waals surface area contributed by atoms with Gasteiger partial charge in [0.1, 0.15) is 0 Å². The summed E-state index contributed by atoms with van der Waals surface area (Å²) in [6.45, 7) is 6.88. The summed E-state index contributed by atoms with van der Waals surface area (Å²) in [4.78, 5) is 38.4. The van der Waals surface area contributed by atoms with Crippen molar-refractivity contribution in [1.82, 2.24) is 19.9 Å². The van der Waals surface area contributed by atoms with E-state index in [9.17, 15) is 19.8 Å². The zero-order chi connectivity index (χ0) is 28.9. The number of nitrogens with one attached hydrogen (secondary N) is 2. The number of aliphatic carboxylic acids is 2. The Morgan fingerprint density at radius 1 is 0.650 bits per heavy atom. The second-order valence-corrected chi connectivity index (χ2v) is 10.1. The first-order valence-corrected chi connectivity index (χ1v) is 12.9. The lowest BCUT2D eigenvalue weighted by Crippen LogP contribution is -1.97. The molecule has 5 rings (SSSR count). The number of aryl methyl sites for hydroxylation is 2. The summed E-state index contributed by atoms with van der Waals surface area (Å²) in [6.07, 6.45) is 0.218. The van der Waals surface area contributed by atoms with E-state index in [1.54, 1.807) is 32.0 Å². The predicted octanol–water partition coefficient (Wildman–Crippen LogP) is 6.80. The number of H-pyrrole nitrogens is 2. The van der Waals surface area contributed by atoms with Gasteiger partial charge >= 0.3 is 11.9 Å². The lowest BCUT2D eigenvalue weighted by atomic mass is 9.98. The molecule has 8 bridgehead atoms. The van der Waals surface area contributed by atoms with Crippen molar-refractivity contribution in [3.8, 4) is 0 Å². The van der Waals surface area contributed by atoms with Crippen LogP contribution in [0.15, 0.2) is 24.3 Å². The van der Waals surface area contributed by atoms with Gasteiger partial charge in [-0.2, -0.15) is 0 Å². The van der Waals surface area contributed by atoms with Crippen LogP contribution in [-0.4, -0.2) is 42.1 Å². The number of allylic oxidation sites excluding steroid dienone is 4. The van der Waals surface area contributed by atoms with Crippen LogP contribution in [-0.2, 0) is 9.59 Å². The Labute approximate surface area is 228 Å². The standard InChI is InChI=1S/C30H28F2N4O4/c1-13-17(5-7-27(37)38)23-11-24-18(6-8-28(39)40)14(2)20(34-24)10-22-16(4)30(32)26(36-22)12-25-29(31)15(3)21(35-25)9-19(13)33-23/h9-12,35-36H,5-8H2,1-4H3,(H,37,38)(H,39,40). The highest BCUT2D eigenvalue weighted by Gasteiger charge is 2.23. The van der Waals surface area contributed by atoms with Crippen LogP contribution in [0.5, 0.6) is 0 Å². The second-order valence-electron chi connectivity index (χ2n) is 10.1. The van der Waals surface area contributed by atoms with Crippen LogP contribution < -0.4 is 0 Å². The molecular formula is C30H28F2N4O4. The van der Waals surface area contributed by atoms with Crippen molar-refractivity contribution in [2.75, 3.05) is 0 Å². The Bertz CT molecular complexity index is 1700. The van der Waals surface area contributed by atoms with Crippen molar-refractivity contribution < 1.29 is 28.6 Å². The molecule has 5 heterocycles. The van der Waals surface area contributed by atoms with Crippen molar-refractivity contribution in [3.05, 3.63) is 69.8 Å². The van der Waals surface area contributed by atoms with Crippen molar-refractivity contribution in [1.29, 1.82) is 0 Å². The SMILES string of the molecule is CC1=C(CCC(=O)O)c2cc3nc(cc4[nH]c(cc5[nH]c(cc1n2)c(C)c5F)c(F)c4C)C(C)=C3CCC(=O)O. The number of carboxylic acids is 2. The van der Waals surface area contributed by atoms with E-state index in [4.69, 9.17) is 9.97 Å². The maximum atomic E-state index is 15.2. The van der Waals surface area contributed by atoms with Crippen molar-refractivity contribution in [2.45, 2.75) is 53.4 Å². The quantitative estimate of drug-likeness (QED) is 0.269. The Hall–Kier alpha value is -4.60. The predicted molar refractivity (Wildman–Crippen MR) is 149 cm³/mol. The second kappa shape index (κ2) is 10.2. The van der Waals surface area contributed by atoms with E-state index in [0.29, 0.717) is 44.9 Å². The molecule has 0 radical (unpaired) electrons. The van der Waals surface area contributed by atoms with Gasteiger partial charge in [-0.05, 0) is 87.1 Å². The number of hydrogen-bond acceptors (Lipinski definition) is 4. The lowest BCUT2D eigenvalue weighted by Gasteiger charge is -2.05. The number of aromatic nitrogens is 4. The van der Waals surface area contributed by atoms with E-state index < -0.39 is 23.6 Å². The van der Waals surface area contributed by atoms with Crippen molar-refractivity contribution >= 4 is 56.3 Å². The van der Waals surface area contributed by atoms with Crippen LogP contribution in [0.2, 0.25) is 0 Å². The number of nitrogens with zero attached hydrogens (tertiary/aromatic N) is 2. The molecule has 3 aromatic rings. The molecule has 0 saturated heterocycles. The molecule has 206 valence electrons. The number of carboxylic acid groups (broad SMARTS) is 2. The minimum absolute atomic E-state index is 0.102. The van der Waals surface area contributed by atoms with E-state index in [1.165, 1.54) is 6.07 Å². The fourth-order valence-corrected chi connectivity index (χ4v) is 5.13. The third kappa shape index (κ3) is 4.81. The monoisotopic (exact) mass is 546 g/mol. The van der Waals surface area contributed by atoms with Gasteiger partial charge in [0.05, 0.1) is 33.8 Å². The average Bonchev–Trinajstić information content (AvgIpc) is 3.53. The zero-order valence-electron chi connectivity index (χ0n) is 22.5. The molecular weight excluding hydrogens is 518 g/mol. The summed E-state index contributed by atoms with van der Waals surface area (Å²) < 4.78 is 30.5. The number of halogens is 2. The van der Waals surface area contributed by atoms with Gasteiger partial charge in [-0.25, -0.2) is 18.7 Å². The van der Waals surface area contributed by atoms with Crippen LogP contribution in [0, 0.1) is 25.5 Å². The molecule has 4 N–H and O–H groups in total. The fraction of sp³-hybridized carbons (Fsp3) is 0.267. The van der Waals surface area contributed by atoms with Crippen molar-refractivity contribution in [3.63, 3.8) is 0 Å². The summed E-state index contributed by atoms with van der Waals surface area (Å²) in [5, 5.41) is 18.7. The van der Waals surface area contributed by atoms with Crippen LogP contribution in [0.1, 0.15) is 73.4 Å². The Kier molecular flexibility index (Phi) is 6.87. The third-order valence-electron chi connectivity index (χ3n) is 7.55. The smallest absolute Gasteiger partial charge is 0.303 e. The first-order chi connectivity index (χ1) is 18.9. The van der Waals surface area contributed by atoms with Gasteiger partial charge < -0.3 is 20.2 Å². The first-order valence-electron chi connectivity index (χ1n) is 12.9. The van der Waals surface area contributed by atoms with Gasteiger partial charge in [0.25, 0.3) is 0 Å². The van der Waals surface area contributed by atoms with Gasteiger partial charge in [0.2, 0.25) is 0 Å². The minimum Gasteiger partial charge on any atom is -0.481 e. The average molecular weight is 547 g/mol. The van der Waals surface area contributed by atoms with E-state index in [-0.39, 0.29) is 36.7 Å². The molecule has 0 spiro atoms. The van der Waals surface area contributed by atoms with E-state index in [1.807, 2.05) is 13.8 Å². The highest BCUT2D eigenvalue weighted by atomic mass is 19.1. The molecule has 0 unspecified atom stereocenters. The molecule has 2 aliphatic heterocycles. The Morgan fingerprint density at radius 2 is 1.05 bits per heavy atom. The highest BCUT2D eigenvalue weighted by Crippen LogP contribution is 2.37. The van der Waals surface area contributed by atoms with E-state index in [2.05, 4.69) is 9.97 Å². The van der Waals surface area contributed by atoms with Crippen LogP contribution >= 0.6 is 0 Å². The fourth-order valence-electron chi connectivity index (χ4n) is 5.13. The van der Waals surface area contributed by atoms with Gasteiger partial charge in [0.15, 0.2) is 11.6 Å². The summed E-state index contributed by atoms with van der Waals surface area (Å²) in [5.41, 5.74) is 6.79. The molecule has 0 fully saturated rings. The van der Waals surface area contributed by atoms with Crippen LogP contribution in [0.3, 0.4) is 0 Å². The summed E-state index contributed by atoms with van der Waals surface area (Å²) >= 11 is 0. The molecule has 8 nitrogen and oxygen atoms in total. The summed E-state index contributed by atoms with van der Waals surface area (Å²) in [6, 6.07) is 6.50. The van der Waals surface area contributed by atoms with Crippen molar-refractivity contribution in [2.24, 2.45) is 0 Å². The summed E-state index contributed by atoms with van der Waals surface area (Å²) in [7, 11) is 0. The number of fused-ring (bicyclic) bond motifs is 8. The van der Waals surface area contributed by atoms with Crippen LogP contribution in [0.4, 0.5) is 8.78 Å². The topological polar surface area (TPSA) is 132 Å². The first kappa shape index (κ1) is 27.0. The van der Waals surface area contributed by atoms with Gasteiger partial charge in [-0.1, -0.05) is 0 Å². The third-order valence-corrected chi connectivity index (χ3v) is 7.55. The maximum absolute atomic E-state index is 15.2. The van der Waals surface area contributed by atoms with Gasteiger partial charge in [-0.15, -0.1) is 0 Å². The summed E-state index contributed by atoms with van der Waals surface area (Å²) in [5.74, 6) is -2.94. The van der Waals surface area contributed by atoms with Crippen LogP contribution in [0.25, 0.3) is 44.4 Å². The van der Waals surface area contributed by atoms with E-state index >= 15 is 8.78 Å².